The van der Waals surface area contributed by atoms with Gasteiger partial charge in [-0.25, -0.2) is 4.79 Å². The highest BCUT2D eigenvalue weighted by Crippen LogP contribution is 2.37. The summed E-state index contributed by atoms with van der Waals surface area (Å²) in [5.41, 5.74) is 0.400. The van der Waals surface area contributed by atoms with E-state index in [1.165, 1.54) is 20.3 Å². The Hall–Kier alpha value is -2.48. The Kier molecular flexibility index (Phi) is 5.50. The van der Waals surface area contributed by atoms with E-state index in [0.29, 0.717) is 28.1 Å². The first-order valence-corrected chi connectivity index (χ1v) is 7.79. The van der Waals surface area contributed by atoms with Gasteiger partial charge in [0.2, 0.25) is 0 Å². The van der Waals surface area contributed by atoms with Gasteiger partial charge >= 0.3 is 5.97 Å². The number of carboxylic acid groups (broad SMARTS) is 1. The molecule has 0 radical (unpaired) electrons. The second-order valence-electron chi connectivity index (χ2n) is 4.76. The minimum Gasteiger partial charge on any atom is -0.495 e. The molecule has 1 amide bonds. The van der Waals surface area contributed by atoms with Crippen molar-refractivity contribution >= 4 is 33.5 Å². The van der Waals surface area contributed by atoms with E-state index >= 15 is 0 Å². The Bertz CT molecular complexity index is 758. The summed E-state index contributed by atoms with van der Waals surface area (Å²) in [7, 11) is 2.98. The Balaban J connectivity index is 2.31. The molecule has 0 aliphatic heterocycles. The minimum absolute atomic E-state index is 0.0198. The van der Waals surface area contributed by atoms with Crippen LogP contribution in [0.15, 0.2) is 27.1 Å². The van der Waals surface area contributed by atoms with Crippen molar-refractivity contribution in [3.63, 3.8) is 0 Å². The van der Waals surface area contributed by atoms with Crippen LogP contribution in [0.2, 0.25) is 0 Å². The third-order valence-electron chi connectivity index (χ3n) is 3.29. The summed E-state index contributed by atoms with van der Waals surface area (Å²) in [5, 5.41) is 11.8. The van der Waals surface area contributed by atoms with E-state index in [-0.39, 0.29) is 17.1 Å². The highest BCUT2D eigenvalue weighted by molar-refractivity contribution is 9.10. The number of aryl methyl sites for hydroxylation is 1. The Morgan fingerprint density at radius 3 is 2.21 bits per heavy atom. The quantitative estimate of drug-likeness (QED) is 0.772. The van der Waals surface area contributed by atoms with Gasteiger partial charge in [-0.1, -0.05) is 6.92 Å². The lowest BCUT2D eigenvalue weighted by Gasteiger charge is -2.11. The molecule has 0 saturated heterocycles. The van der Waals surface area contributed by atoms with Crippen molar-refractivity contribution < 1.29 is 28.6 Å². The number of nitrogens with one attached hydrogen (secondary N) is 1. The summed E-state index contributed by atoms with van der Waals surface area (Å²) in [4.78, 5) is 23.5. The third-order valence-corrected chi connectivity index (χ3v) is 4.07. The number of furan rings is 1. The van der Waals surface area contributed by atoms with Crippen LogP contribution in [0.1, 0.15) is 33.6 Å². The van der Waals surface area contributed by atoms with Gasteiger partial charge in [-0.2, -0.15) is 0 Å². The minimum atomic E-state index is -1.14. The first kappa shape index (κ1) is 17.9. The predicted octanol–water partition coefficient (Wildman–Crippen LogP) is 3.57. The molecule has 0 unspecified atom stereocenters. The van der Waals surface area contributed by atoms with Gasteiger partial charge in [0.25, 0.3) is 5.91 Å². The summed E-state index contributed by atoms with van der Waals surface area (Å²) in [6.07, 6.45) is 0.370. The van der Waals surface area contributed by atoms with Crippen molar-refractivity contribution in [2.24, 2.45) is 0 Å². The maximum Gasteiger partial charge on any atom is 0.339 e. The number of methoxy groups -OCH3 is 2. The number of hydrogen-bond donors (Lipinski definition) is 2. The van der Waals surface area contributed by atoms with E-state index < -0.39 is 11.9 Å². The lowest BCUT2D eigenvalue weighted by molar-refractivity contribution is 0.0694. The molecule has 0 aliphatic carbocycles. The number of carbonyl (C=O) groups excluding carboxylic acids is 1. The fourth-order valence-corrected chi connectivity index (χ4v) is 2.67. The van der Waals surface area contributed by atoms with Crippen LogP contribution in [0.4, 0.5) is 5.69 Å². The number of anilines is 1. The van der Waals surface area contributed by atoms with E-state index in [0.717, 1.165) is 0 Å². The largest absolute Gasteiger partial charge is 0.495 e. The predicted molar refractivity (Wildman–Crippen MR) is 90.2 cm³/mol. The molecular formula is C16H16BrNO6. The van der Waals surface area contributed by atoms with E-state index in [1.54, 1.807) is 19.1 Å². The molecular weight excluding hydrogens is 382 g/mol. The molecule has 0 fully saturated rings. The maximum absolute atomic E-state index is 12.3. The number of rotatable bonds is 6. The Morgan fingerprint density at radius 1 is 1.21 bits per heavy atom. The van der Waals surface area contributed by atoms with E-state index in [4.69, 9.17) is 19.0 Å². The third kappa shape index (κ3) is 3.53. The fraction of sp³-hybridized carbons (Fsp3) is 0.250. The van der Waals surface area contributed by atoms with Gasteiger partial charge in [0.1, 0.15) is 27.3 Å². The number of aromatic carboxylic acids is 1. The van der Waals surface area contributed by atoms with Crippen LogP contribution in [-0.4, -0.2) is 31.2 Å². The van der Waals surface area contributed by atoms with Gasteiger partial charge in [0.05, 0.1) is 14.2 Å². The van der Waals surface area contributed by atoms with Crippen LogP contribution < -0.4 is 14.8 Å². The zero-order chi connectivity index (χ0) is 17.9. The number of benzene rings is 1. The van der Waals surface area contributed by atoms with E-state index in [2.05, 4.69) is 21.2 Å². The Labute approximate surface area is 146 Å². The average Bonchev–Trinajstić information content (AvgIpc) is 3.01. The maximum atomic E-state index is 12.3. The lowest BCUT2D eigenvalue weighted by Crippen LogP contribution is -2.11. The van der Waals surface area contributed by atoms with Gasteiger partial charge < -0.3 is 24.3 Å². The van der Waals surface area contributed by atoms with Gasteiger partial charge in [0, 0.05) is 30.3 Å². The van der Waals surface area contributed by atoms with Crippen LogP contribution in [0, 0.1) is 0 Å². The smallest absolute Gasteiger partial charge is 0.339 e. The number of ether oxygens (including phenoxy) is 2. The molecule has 0 atom stereocenters. The van der Waals surface area contributed by atoms with Crippen LogP contribution in [0.5, 0.6) is 11.5 Å². The number of amides is 1. The second kappa shape index (κ2) is 7.39. The van der Waals surface area contributed by atoms with Crippen LogP contribution in [-0.2, 0) is 6.42 Å². The first-order valence-electron chi connectivity index (χ1n) is 7.00. The van der Waals surface area contributed by atoms with Crippen molar-refractivity contribution in [3.8, 4) is 11.5 Å². The van der Waals surface area contributed by atoms with Crippen molar-refractivity contribution in [2.75, 3.05) is 19.5 Å². The summed E-state index contributed by atoms with van der Waals surface area (Å²) in [6.45, 7) is 1.75. The lowest BCUT2D eigenvalue weighted by atomic mass is 10.2. The second-order valence-corrected chi connectivity index (χ2v) is 5.55. The number of carboxylic acids is 1. The molecule has 2 aromatic rings. The zero-order valence-corrected chi connectivity index (χ0v) is 14.9. The highest BCUT2D eigenvalue weighted by Gasteiger charge is 2.21. The topological polar surface area (TPSA) is 98.0 Å². The molecule has 24 heavy (non-hydrogen) atoms. The molecule has 0 bridgehead atoms. The molecule has 1 heterocycles. The van der Waals surface area contributed by atoms with Crippen LogP contribution in [0.3, 0.4) is 0 Å². The van der Waals surface area contributed by atoms with E-state index in [1.807, 2.05) is 0 Å². The molecule has 1 aromatic heterocycles. The SMILES string of the molecule is CCc1oc(C(=O)Nc2cc(OC)c(Br)c(OC)c2)cc1C(=O)O. The number of hydrogen-bond acceptors (Lipinski definition) is 5. The molecule has 0 spiro atoms. The van der Waals surface area contributed by atoms with E-state index in [9.17, 15) is 9.59 Å². The molecule has 0 aliphatic rings. The van der Waals surface area contributed by atoms with Crippen LogP contribution in [0.25, 0.3) is 0 Å². The normalized spacial score (nSPS) is 10.3. The highest BCUT2D eigenvalue weighted by atomic mass is 79.9. The van der Waals surface area contributed by atoms with Crippen molar-refractivity contribution in [1.29, 1.82) is 0 Å². The Morgan fingerprint density at radius 2 is 1.79 bits per heavy atom. The van der Waals surface area contributed by atoms with Gasteiger partial charge in [-0.05, 0) is 15.9 Å². The van der Waals surface area contributed by atoms with Gasteiger partial charge in [0.15, 0.2) is 5.76 Å². The van der Waals surface area contributed by atoms with Gasteiger partial charge in [-0.3, -0.25) is 4.79 Å². The fourth-order valence-electron chi connectivity index (χ4n) is 2.12. The molecule has 128 valence electrons. The van der Waals surface area contributed by atoms with Crippen molar-refractivity contribution in [3.05, 3.63) is 39.8 Å². The monoisotopic (exact) mass is 397 g/mol. The summed E-state index contributed by atoms with van der Waals surface area (Å²) in [5.74, 6) is -0.580. The first-order chi connectivity index (χ1) is 11.4. The molecule has 2 N–H and O–H groups in total. The summed E-state index contributed by atoms with van der Waals surface area (Å²) in [6, 6.07) is 4.42. The molecule has 0 saturated carbocycles. The summed E-state index contributed by atoms with van der Waals surface area (Å²) < 4.78 is 16.4. The van der Waals surface area contributed by atoms with Gasteiger partial charge in [-0.15, -0.1) is 0 Å². The van der Waals surface area contributed by atoms with Crippen LogP contribution >= 0.6 is 15.9 Å². The number of halogens is 1. The van der Waals surface area contributed by atoms with Crippen molar-refractivity contribution in [2.45, 2.75) is 13.3 Å². The summed E-state index contributed by atoms with van der Waals surface area (Å²) >= 11 is 3.34. The van der Waals surface area contributed by atoms with Crippen molar-refractivity contribution in [1.82, 2.24) is 0 Å². The standard InChI is InChI=1S/C16H16BrNO6/c1-4-10-9(16(20)21)7-13(24-10)15(19)18-8-5-11(22-2)14(17)12(6-8)23-3/h5-7H,4H2,1-3H3,(H,18,19)(H,20,21). The molecule has 2 rings (SSSR count). The molecule has 7 nitrogen and oxygen atoms in total. The molecule has 8 heteroatoms. The number of carbonyl (C=O) groups is 2. The zero-order valence-electron chi connectivity index (χ0n) is 13.3. The molecule has 1 aromatic carbocycles. The average molecular weight is 398 g/mol.